The summed E-state index contributed by atoms with van der Waals surface area (Å²) >= 11 is 0. The fourth-order valence-electron chi connectivity index (χ4n) is 4.65. The summed E-state index contributed by atoms with van der Waals surface area (Å²) in [4.78, 5) is 33.9. The van der Waals surface area contributed by atoms with Gasteiger partial charge in [0.2, 0.25) is 23.5 Å². The first-order chi connectivity index (χ1) is 17.1. The summed E-state index contributed by atoms with van der Waals surface area (Å²) in [6, 6.07) is 12.8. The van der Waals surface area contributed by atoms with Gasteiger partial charge in [0.25, 0.3) is 0 Å². The maximum atomic E-state index is 13.4. The molecule has 0 radical (unpaired) electrons. The quantitative estimate of drug-likeness (QED) is 0.577. The molecule has 0 bridgehead atoms. The first-order valence-electron chi connectivity index (χ1n) is 11.5. The van der Waals surface area contributed by atoms with E-state index in [1.807, 2.05) is 30.3 Å². The molecule has 5 rings (SSSR count). The standard InChI is InChI=1S/C25H27N5O5/c1-33-20-10-9-16(12-21(20)34-2)24-27-23(35-28-24)15-29-11-5-6-17(13-29)25(32)30-14-22(31)26-18-7-3-4-8-19(18)30/h3-4,7-10,12,17H,5-6,11,13-15H2,1-2H3,(H,26,31). The molecule has 10 heteroatoms. The number of aromatic nitrogens is 2. The van der Waals surface area contributed by atoms with Gasteiger partial charge in [-0.15, -0.1) is 0 Å². The van der Waals surface area contributed by atoms with E-state index in [0.29, 0.717) is 42.0 Å². The number of fused-ring (bicyclic) bond motifs is 1. The number of carbonyl (C=O) groups excluding carboxylic acids is 2. The van der Waals surface area contributed by atoms with Gasteiger partial charge >= 0.3 is 0 Å². The molecule has 2 aromatic carbocycles. The van der Waals surface area contributed by atoms with E-state index in [1.54, 1.807) is 31.3 Å². The Bertz CT molecular complexity index is 1240. The average Bonchev–Trinajstić information content (AvgIpc) is 3.35. The topological polar surface area (TPSA) is 110 Å². The van der Waals surface area contributed by atoms with Crippen molar-refractivity contribution in [2.24, 2.45) is 5.92 Å². The SMILES string of the molecule is COc1ccc(-c2noc(CN3CCCC(C(=O)N4CC(=O)Nc5ccccc54)C3)n2)cc1OC. The molecule has 1 atom stereocenters. The van der Waals surface area contributed by atoms with Gasteiger partial charge in [-0.05, 0) is 49.7 Å². The highest BCUT2D eigenvalue weighted by atomic mass is 16.5. The lowest BCUT2D eigenvalue weighted by Gasteiger charge is -2.36. The van der Waals surface area contributed by atoms with Crippen molar-refractivity contribution in [2.75, 3.05) is 44.1 Å². The van der Waals surface area contributed by atoms with Gasteiger partial charge in [-0.3, -0.25) is 14.5 Å². The number of hydrogen-bond donors (Lipinski definition) is 1. The lowest BCUT2D eigenvalue weighted by atomic mass is 9.95. The number of anilines is 2. The van der Waals surface area contributed by atoms with Crippen LogP contribution in [-0.2, 0) is 16.1 Å². The second-order valence-electron chi connectivity index (χ2n) is 8.65. The van der Waals surface area contributed by atoms with Crippen molar-refractivity contribution in [1.29, 1.82) is 0 Å². The smallest absolute Gasteiger partial charge is 0.244 e. The maximum Gasteiger partial charge on any atom is 0.244 e. The average molecular weight is 478 g/mol. The second kappa shape index (κ2) is 9.75. The molecule has 2 aliphatic rings. The zero-order chi connectivity index (χ0) is 24.4. The van der Waals surface area contributed by atoms with E-state index < -0.39 is 0 Å². The van der Waals surface area contributed by atoms with Crippen LogP contribution in [0.5, 0.6) is 11.5 Å². The van der Waals surface area contributed by atoms with Crippen molar-refractivity contribution in [3.63, 3.8) is 0 Å². The van der Waals surface area contributed by atoms with Crippen LogP contribution in [0.25, 0.3) is 11.4 Å². The summed E-state index contributed by atoms with van der Waals surface area (Å²) in [5, 5.41) is 6.95. The van der Waals surface area contributed by atoms with Crippen molar-refractivity contribution in [3.8, 4) is 22.9 Å². The lowest BCUT2D eigenvalue weighted by molar-refractivity contribution is -0.126. The van der Waals surface area contributed by atoms with E-state index in [0.717, 1.165) is 30.6 Å². The Kier molecular flexibility index (Phi) is 6.37. The van der Waals surface area contributed by atoms with Crippen molar-refractivity contribution in [2.45, 2.75) is 19.4 Å². The molecule has 1 N–H and O–H groups in total. The van der Waals surface area contributed by atoms with Crippen LogP contribution in [0.2, 0.25) is 0 Å². The van der Waals surface area contributed by atoms with E-state index in [2.05, 4.69) is 20.4 Å². The van der Waals surface area contributed by atoms with Gasteiger partial charge in [0.15, 0.2) is 11.5 Å². The Morgan fingerprint density at radius 2 is 2.00 bits per heavy atom. The Balaban J connectivity index is 1.27. The molecule has 10 nitrogen and oxygen atoms in total. The number of rotatable bonds is 6. The molecular formula is C25H27N5O5. The highest BCUT2D eigenvalue weighted by molar-refractivity contribution is 6.10. The van der Waals surface area contributed by atoms with Gasteiger partial charge in [0.05, 0.1) is 38.1 Å². The van der Waals surface area contributed by atoms with E-state index in [9.17, 15) is 9.59 Å². The molecule has 1 unspecified atom stereocenters. The van der Waals surface area contributed by atoms with Crippen LogP contribution >= 0.6 is 0 Å². The highest BCUT2D eigenvalue weighted by Gasteiger charge is 2.34. The number of ether oxygens (including phenoxy) is 2. The van der Waals surface area contributed by atoms with Gasteiger partial charge in [0.1, 0.15) is 6.54 Å². The molecule has 3 heterocycles. The summed E-state index contributed by atoms with van der Waals surface area (Å²) in [5.74, 6) is 1.72. The van der Waals surface area contributed by atoms with E-state index in [1.165, 1.54) is 0 Å². The molecule has 0 aliphatic carbocycles. The number of hydrogen-bond acceptors (Lipinski definition) is 8. The predicted octanol–water partition coefficient (Wildman–Crippen LogP) is 2.95. The van der Waals surface area contributed by atoms with Gasteiger partial charge in [0, 0.05) is 12.1 Å². The Hall–Kier alpha value is -3.92. The molecule has 2 aliphatic heterocycles. The zero-order valence-electron chi connectivity index (χ0n) is 19.7. The number of piperidine rings is 1. The number of benzene rings is 2. The summed E-state index contributed by atoms with van der Waals surface area (Å²) in [6.07, 6.45) is 1.64. The largest absolute Gasteiger partial charge is 0.493 e. The third kappa shape index (κ3) is 4.69. The van der Waals surface area contributed by atoms with Gasteiger partial charge in [-0.1, -0.05) is 17.3 Å². The number of likely N-dealkylation sites (tertiary alicyclic amines) is 1. The molecule has 2 amide bonds. The first-order valence-corrected chi connectivity index (χ1v) is 11.5. The van der Waals surface area contributed by atoms with Crippen LogP contribution in [0.4, 0.5) is 11.4 Å². The van der Waals surface area contributed by atoms with E-state index in [4.69, 9.17) is 14.0 Å². The lowest BCUT2D eigenvalue weighted by Crippen LogP contribution is -2.48. The molecule has 0 spiro atoms. The molecular weight excluding hydrogens is 450 g/mol. The summed E-state index contributed by atoms with van der Waals surface area (Å²) in [6.45, 7) is 1.87. The number of methoxy groups -OCH3 is 2. The second-order valence-corrected chi connectivity index (χ2v) is 8.65. The van der Waals surface area contributed by atoms with Crippen molar-refractivity contribution in [1.82, 2.24) is 15.0 Å². The number of para-hydroxylation sites is 2. The molecule has 3 aromatic rings. The van der Waals surface area contributed by atoms with Crippen LogP contribution < -0.4 is 19.7 Å². The molecule has 35 heavy (non-hydrogen) atoms. The first kappa shape index (κ1) is 22.9. The Morgan fingerprint density at radius 3 is 2.83 bits per heavy atom. The minimum absolute atomic E-state index is 0.0324. The summed E-state index contributed by atoms with van der Waals surface area (Å²) < 4.78 is 16.1. The Morgan fingerprint density at radius 1 is 1.17 bits per heavy atom. The predicted molar refractivity (Wildman–Crippen MR) is 128 cm³/mol. The van der Waals surface area contributed by atoms with E-state index in [-0.39, 0.29) is 24.3 Å². The third-order valence-corrected chi connectivity index (χ3v) is 6.36. The molecule has 1 saturated heterocycles. The molecule has 1 fully saturated rings. The zero-order valence-corrected chi connectivity index (χ0v) is 19.7. The summed E-state index contributed by atoms with van der Waals surface area (Å²) in [7, 11) is 3.16. The fourth-order valence-corrected chi connectivity index (χ4v) is 4.65. The number of amides is 2. The normalized spacial score (nSPS) is 18.1. The van der Waals surface area contributed by atoms with Gasteiger partial charge in [-0.25, -0.2) is 0 Å². The van der Waals surface area contributed by atoms with Crippen LogP contribution in [0.3, 0.4) is 0 Å². The molecule has 1 aromatic heterocycles. The van der Waals surface area contributed by atoms with E-state index >= 15 is 0 Å². The van der Waals surface area contributed by atoms with Crippen molar-refractivity contribution in [3.05, 3.63) is 48.4 Å². The number of nitrogens with zero attached hydrogens (tertiary/aromatic N) is 4. The number of carbonyl (C=O) groups is 2. The minimum Gasteiger partial charge on any atom is -0.493 e. The van der Waals surface area contributed by atoms with Crippen LogP contribution in [0.1, 0.15) is 18.7 Å². The number of nitrogens with one attached hydrogen (secondary N) is 1. The monoisotopic (exact) mass is 477 g/mol. The summed E-state index contributed by atoms with van der Waals surface area (Å²) in [5.41, 5.74) is 2.16. The maximum absolute atomic E-state index is 13.4. The fraction of sp³-hybridized carbons (Fsp3) is 0.360. The molecule has 0 saturated carbocycles. The van der Waals surface area contributed by atoms with Crippen molar-refractivity contribution < 1.29 is 23.6 Å². The van der Waals surface area contributed by atoms with Crippen LogP contribution in [0, 0.1) is 5.92 Å². The third-order valence-electron chi connectivity index (χ3n) is 6.36. The van der Waals surface area contributed by atoms with Crippen LogP contribution in [-0.4, -0.2) is 60.7 Å². The van der Waals surface area contributed by atoms with Crippen molar-refractivity contribution >= 4 is 23.2 Å². The van der Waals surface area contributed by atoms with Gasteiger partial charge < -0.3 is 24.2 Å². The van der Waals surface area contributed by atoms with Gasteiger partial charge in [-0.2, -0.15) is 4.98 Å². The minimum atomic E-state index is -0.212. The highest BCUT2D eigenvalue weighted by Crippen LogP contribution is 2.33. The Labute approximate surface area is 202 Å². The van der Waals surface area contributed by atoms with Crippen LogP contribution in [0.15, 0.2) is 47.0 Å². The molecule has 182 valence electrons.